The molecular formula is C29H48O4. The molecule has 0 amide bonds. The fraction of sp³-hybridized carbons (Fsp3) is 0.931. The molecular weight excluding hydrogens is 412 g/mol. The molecule has 0 heterocycles. The molecule has 0 N–H and O–H groups in total. The zero-order valence-electron chi connectivity index (χ0n) is 21.9. The van der Waals surface area contributed by atoms with Gasteiger partial charge in [0.2, 0.25) is 0 Å². The zero-order chi connectivity index (χ0) is 23.8. The molecule has 0 radical (unpaired) electrons. The lowest BCUT2D eigenvalue weighted by molar-refractivity contribution is -0.160. The summed E-state index contributed by atoms with van der Waals surface area (Å²) in [5.74, 6) is 4.79. The van der Waals surface area contributed by atoms with Crippen molar-refractivity contribution in [2.75, 3.05) is 7.11 Å². The van der Waals surface area contributed by atoms with Crippen molar-refractivity contribution in [1.29, 1.82) is 0 Å². The van der Waals surface area contributed by atoms with Crippen LogP contribution >= 0.6 is 0 Å². The van der Waals surface area contributed by atoms with Gasteiger partial charge in [-0.3, -0.25) is 9.59 Å². The lowest BCUT2D eigenvalue weighted by Gasteiger charge is -2.61. The van der Waals surface area contributed by atoms with Crippen LogP contribution in [0.25, 0.3) is 0 Å². The van der Waals surface area contributed by atoms with Gasteiger partial charge in [-0.1, -0.05) is 33.6 Å². The molecule has 9 atom stereocenters. The van der Waals surface area contributed by atoms with Crippen molar-refractivity contribution in [3.05, 3.63) is 0 Å². The number of rotatable bonds is 7. The van der Waals surface area contributed by atoms with Crippen LogP contribution in [0.1, 0.15) is 111 Å². The second-order valence-electron chi connectivity index (χ2n) is 12.7. The molecule has 4 heteroatoms. The van der Waals surface area contributed by atoms with E-state index < -0.39 is 0 Å². The molecule has 188 valence electrons. The first-order valence-corrected chi connectivity index (χ1v) is 13.9. The Morgan fingerprint density at radius 2 is 1.67 bits per heavy atom. The molecule has 0 spiro atoms. The lowest BCUT2D eigenvalue weighted by Crippen LogP contribution is -2.54. The van der Waals surface area contributed by atoms with Crippen molar-refractivity contribution in [2.24, 2.45) is 46.3 Å². The highest BCUT2D eigenvalue weighted by Crippen LogP contribution is 2.68. The van der Waals surface area contributed by atoms with E-state index in [1.165, 1.54) is 58.5 Å². The van der Waals surface area contributed by atoms with Crippen LogP contribution in [0.15, 0.2) is 0 Å². The van der Waals surface area contributed by atoms with Gasteiger partial charge < -0.3 is 9.47 Å². The molecule has 0 bridgehead atoms. The van der Waals surface area contributed by atoms with Gasteiger partial charge in [-0.05, 0) is 111 Å². The van der Waals surface area contributed by atoms with E-state index >= 15 is 0 Å². The normalized spacial score (nSPS) is 43.1. The number of esters is 2. The summed E-state index contributed by atoms with van der Waals surface area (Å²) in [5.41, 5.74) is 0.944. The molecule has 4 nitrogen and oxygen atoms in total. The van der Waals surface area contributed by atoms with E-state index in [9.17, 15) is 9.59 Å². The molecule has 4 rings (SSSR count). The first-order chi connectivity index (χ1) is 15.7. The Balaban J connectivity index is 1.38. The van der Waals surface area contributed by atoms with Crippen molar-refractivity contribution in [1.82, 2.24) is 0 Å². The summed E-state index contributed by atoms with van der Waals surface area (Å²) in [4.78, 5) is 22.9. The highest BCUT2D eigenvalue weighted by molar-refractivity contribution is 5.69. The van der Waals surface area contributed by atoms with E-state index in [1.807, 2.05) is 0 Å². The molecule has 0 saturated heterocycles. The van der Waals surface area contributed by atoms with E-state index in [0.29, 0.717) is 17.3 Å². The molecule has 4 saturated carbocycles. The van der Waals surface area contributed by atoms with Crippen LogP contribution in [0.2, 0.25) is 0 Å². The molecule has 0 aliphatic heterocycles. The topological polar surface area (TPSA) is 52.6 Å². The van der Waals surface area contributed by atoms with Gasteiger partial charge in [-0.25, -0.2) is 0 Å². The van der Waals surface area contributed by atoms with E-state index in [2.05, 4.69) is 20.8 Å². The van der Waals surface area contributed by atoms with Crippen LogP contribution < -0.4 is 0 Å². The maximum Gasteiger partial charge on any atom is 0.305 e. The monoisotopic (exact) mass is 460 g/mol. The maximum atomic E-state index is 11.5. The van der Waals surface area contributed by atoms with Crippen LogP contribution in [0.4, 0.5) is 0 Å². The summed E-state index contributed by atoms with van der Waals surface area (Å²) >= 11 is 0. The first-order valence-electron chi connectivity index (χ1n) is 13.9. The molecule has 4 aliphatic rings. The number of hydrogen-bond donors (Lipinski definition) is 0. The molecule has 4 aliphatic carbocycles. The fourth-order valence-corrected chi connectivity index (χ4v) is 9.57. The molecule has 1 unspecified atom stereocenters. The van der Waals surface area contributed by atoms with E-state index in [0.717, 1.165) is 61.2 Å². The van der Waals surface area contributed by atoms with Crippen molar-refractivity contribution in [3.63, 3.8) is 0 Å². The van der Waals surface area contributed by atoms with Gasteiger partial charge >= 0.3 is 11.9 Å². The summed E-state index contributed by atoms with van der Waals surface area (Å²) in [6.07, 6.45) is 15.8. The second kappa shape index (κ2) is 9.90. The van der Waals surface area contributed by atoms with Gasteiger partial charge in [0.25, 0.3) is 0 Å². The third-order valence-corrected chi connectivity index (χ3v) is 11.2. The number of hydrogen-bond acceptors (Lipinski definition) is 4. The molecule has 0 aromatic rings. The highest BCUT2D eigenvalue weighted by atomic mass is 16.5. The maximum absolute atomic E-state index is 11.5. The average molecular weight is 461 g/mol. The minimum atomic E-state index is -0.109. The highest BCUT2D eigenvalue weighted by Gasteiger charge is 2.60. The minimum Gasteiger partial charge on any atom is -0.469 e. The standard InChI is InChI=1S/C29H48O4/c1-19(8-6-7-9-27(31)32-5)24-12-13-25-23-11-10-21-18-22(33-20(2)30)14-16-28(21,3)26(23)15-17-29(24,25)4/h19,21-26H,6-18H2,1-5H3/t19-,21?,22-,23+,24-,25+,26+,28+,29-/m1/s1. The van der Waals surface area contributed by atoms with Crippen LogP contribution in [0.5, 0.6) is 0 Å². The average Bonchev–Trinajstić information content (AvgIpc) is 3.13. The Morgan fingerprint density at radius 3 is 2.39 bits per heavy atom. The van der Waals surface area contributed by atoms with Crippen LogP contribution in [0.3, 0.4) is 0 Å². The molecule has 33 heavy (non-hydrogen) atoms. The van der Waals surface area contributed by atoms with E-state index in [4.69, 9.17) is 9.47 Å². The number of ether oxygens (including phenoxy) is 2. The number of methoxy groups -OCH3 is 1. The van der Waals surface area contributed by atoms with Crippen molar-refractivity contribution in [2.45, 2.75) is 117 Å². The van der Waals surface area contributed by atoms with Crippen LogP contribution in [0, 0.1) is 46.3 Å². The Morgan fingerprint density at radius 1 is 0.939 bits per heavy atom. The Labute approximate surface area is 201 Å². The van der Waals surface area contributed by atoms with Gasteiger partial charge in [0.05, 0.1) is 7.11 Å². The summed E-state index contributed by atoms with van der Waals surface area (Å²) < 4.78 is 10.4. The largest absolute Gasteiger partial charge is 0.469 e. The number of unbranched alkanes of at least 4 members (excludes halogenated alkanes) is 1. The summed E-state index contributed by atoms with van der Waals surface area (Å²) in [5, 5.41) is 0. The van der Waals surface area contributed by atoms with Crippen molar-refractivity contribution in [3.8, 4) is 0 Å². The number of carbonyl (C=O) groups is 2. The van der Waals surface area contributed by atoms with Gasteiger partial charge in [0.15, 0.2) is 0 Å². The van der Waals surface area contributed by atoms with Gasteiger partial charge in [-0.15, -0.1) is 0 Å². The quantitative estimate of drug-likeness (QED) is 0.305. The van der Waals surface area contributed by atoms with Crippen LogP contribution in [-0.4, -0.2) is 25.2 Å². The van der Waals surface area contributed by atoms with Crippen molar-refractivity contribution < 1.29 is 19.1 Å². The second-order valence-corrected chi connectivity index (χ2v) is 12.7. The van der Waals surface area contributed by atoms with E-state index in [-0.39, 0.29) is 18.0 Å². The van der Waals surface area contributed by atoms with Crippen molar-refractivity contribution >= 4 is 11.9 Å². The predicted octanol–water partition coefficient (Wildman–Crippen LogP) is 6.95. The fourth-order valence-electron chi connectivity index (χ4n) is 9.57. The molecule has 0 aromatic carbocycles. The van der Waals surface area contributed by atoms with E-state index in [1.54, 1.807) is 6.92 Å². The third kappa shape index (κ3) is 4.74. The summed E-state index contributed by atoms with van der Waals surface area (Å²) in [6, 6.07) is 0. The first kappa shape index (κ1) is 25.0. The minimum absolute atomic E-state index is 0.0696. The van der Waals surface area contributed by atoms with Crippen LogP contribution in [-0.2, 0) is 19.1 Å². The van der Waals surface area contributed by atoms with Gasteiger partial charge in [-0.2, -0.15) is 0 Å². The zero-order valence-corrected chi connectivity index (χ0v) is 21.9. The smallest absolute Gasteiger partial charge is 0.305 e. The number of fused-ring (bicyclic) bond motifs is 5. The number of carbonyl (C=O) groups excluding carboxylic acids is 2. The predicted molar refractivity (Wildman–Crippen MR) is 130 cm³/mol. The SMILES string of the molecule is COC(=O)CCCC[C@@H](C)[C@H]1CC[C@H]2[C@@H]3CCC4C[C@H](OC(C)=O)CC[C@]4(C)[C@H]3CC[C@]12C. The Bertz CT molecular complexity index is 718. The van der Waals surface area contributed by atoms with Gasteiger partial charge in [0, 0.05) is 13.3 Å². The Kier molecular flexibility index (Phi) is 7.51. The summed E-state index contributed by atoms with van der Waals surface area (Å²) in [7, 11) is 1.49. The molecule has 4 fully saturated rings. The van der Waals surface area contributed by atoms with Gasteiger partial charge in [0.1, 0.15) is 6.10 Å². The summed E-state index contributed by atoms with van der Waals surface area (Å²) in [6.45, 7) is 9.28. The Hall–Kier alpha value is -1.06. The third-order valence-electron chi connectivity index (χ3n) is 11.2. The lowest BCUT2D eigenvalue weighted by atomic mass is 9.44. The molecule has 0 aromatic heterocycles.